The van der Waals surface area contributed by atoms with E-state index in [0.29, 0.717) is 6.54 Å². The molecule has 0 fully saturated rings. The Hall–Kier alpha value is -0.620. The van der Waals surface area contributed by atoms with Crippen LogP contribution >= 0.6 is 15.9 Å². The molecule has 0 aliphatic heterocycles. The third-order valence-corrected chi connectivity index (χ3v) is 3.14. The number of benzene rings is 1. The van der Waals surface area contributed by atoms with Crippen molar-refractivity contribution in [1.29, 1.82) is 0 Å². The first-order chi connectivity index (χ1) is 8.17. The molecule has 0 amide bonds. The van der Waals surface area contributed by atoms with Crippen molar-refractivity contribution >= 4 is 15.9 Å². The van der Waals surface area contributed by atoms with E-state index in [4.69, 9.17) is 16.2 Å². The number of nitrogens with one attached hydrogen (secondary N) is 1. The van der Waals surface area contributed by atoms with Crippen LogP contribution in [0.4, 0.5) is 0 Å². The molecule has 17 heavy (non-hydrogen) atoms. The van der Waals surface area contributed by atoms with Crippen LogP contribution in [-0.2, 0) is 6.42 Å². The van der Waals surface area contributed by atoms with Gasteiger partial charge in [0.25, 0.3) is 0 Å². The molecule has 0 aliphatic rings. The van der Waals surface area contributed by atoms with Gasteiger partial charge in [-0.3, -0.25) is 0 Å². The number of ether oxygens (including phenoxy) is 1. The SMILES string of the molecule is COc1ccc(CCNCC(N)CN)cc1Br. The van der Waals surface area contributed by atoms with Crippen LogP contribution in [0.1, 0.15) is 5.56 Å². The predicted octanol–water partition coefficient (Wildman–Crippen LogP) is 0.876. The van der Waals surface area contributed by atoms with E-state index < -0.39 is 0 Å². The maximum Gasteiger partial charge on any atom is 0.133 e. The number of halogens is 1. The lowest BCUT2D eigenvalue weighted by Gasteiger charge is -2.10. The molecule has 5 N–H and O–H groups in total. The molecule has 0 bridgehead atoms. The number of nitrogens with two attached hydrogens (primary N) is 2. The summed E-state index contributed by atoms with van der Waals surface area (Å²) >= 11 is 3.47. The second kappa shape index (κ2) is 7.66. The number of hydrogen-bond donors (Lipinski definition) is 3. The fourth-order valence-corrected chi connectivity index (χ4v) is 2.06. The molecule has 1 rings (SSSR count). The topological polar surface area (TPSA) is 73.3 Å². The highest BCUT2D eigenvalue weighted by Crippen LogP contribution is 2.25. The van der Waals surface area contributed by atoms with Gasteiger partial charge < -0.3 is 21.5 Å². The Morgan fingerprint density at radius 1 is 1.47 bits per heavy atom. The minimum atomic E-state index is 0.0394. The van der Waals surface area contributed by atoms with Crippen molar-refractivity contribution in [2.75, 3.05) is 26.7 Å². The van der Waals surface area contributed by atoms with Crippen molar-refractivity contribution in [3.63, 3.8) is 0 Å². The summed E-state index contributed by atoms with van der Waals surface area (Å²) in [5.74, 6) is 0.854. The van der Waals surface area contributed by atoms with E-state index >= 15 is 0 Å². The summed E-state index contributed by atoms with van der Waals surface area (Å²) in [6.45, 7) is 2.17. The van der Waals surface area contributed by atoms with Gasteiger partial charge in [-0.15, -0.1) is 0 Å². The number of rotatable bonds is 7. The summed E-state index contributed by atoms with van der Waals surface area (Å²) in [6.07, 6.45) is 0.958. The Kier molecular flexibility index (Phi) is 6.50. The van der Waals surface area contributed by atoms with Crippen LogP contribution in [0.2, 0.25) is 0 Å². The maximum atomic E-state index is 5.70. The van der Waals surface area contributed by atoms with Crippen LogP contribution in [0, 0.1) is 0 Å². The highest BCUT2D eigenvalue weighted by Gasteiger charge is 2.02. The molecule has 1 atom stereocenters. The van der Waals surface area contributed by atoms with Gasteiger partial charge in [0.2, 0.25) is 0 Å². The maximum absolute atomic E-state index is 5.70. The first-order valence-corrected chi connectivity index (χ1v) is 6.45. The molecule has 1 unspecified atom stereocenters. The largest absolute Gasteiger partial charge is 0.496 e. The van der Waals surface area contributed by atoms with Crippen molar-refractivity contribution in [1.82, 2.24) is 5.32 Å². The van der Waals surface area contributed by atoms with Crippen molar-refractivity contribution < 1.29 is 4.74 Å². The van der Waals surface area contributed by atoms with E-state index in [2.05, 4.69) is 33.4 Å². The molecule has 1 aromatic carbocycles. The molecule has 0 saturated carbocycles. The molecular weight excluding hydrogens is 282 g/mol. The average molecular weight is 302 g/mol. The first-order valence-electron chi connectivity index (χ1n) is 5.66. The molecule has 0 aromatic heterocycles. The molecule has 96 valence electrons. The quantitative estimate of drug-likeness (QED) is 0.654. The molecule has 0 radical (unpaired) electrons. The van der Waals surface area contributed by atoms with E-state index in [1.165, 1.54) is 5.56 Å². The molecule has 4 nitrogen and oxygen atoms in total. The van der Waals surface area contributed by atoms with Gasteiger partial charge in [-0.1, -0.05) is 6.07 Å². The summed E-state index contributed by atoms with van der Waals surface area (Å²) in [5.41, 5.74) is 12.4. The molecule has 1 aromatic rings. The highest BCUT2D eigenvalue weighted by molar-refractivity contribution is 9.10. The highest BCUT2D eigenvalue weighted by atomic mass is 79.9. The molecule has 5 heteroatoms. The van der Waals surface area contributed by atoms with Crippen LogP contribution in [-0.4, -0.2) is 32.8 Å². The van der Waals surface area contributed by atoms with Gasteiger partial charge in [0.15, 0.2) is 0 Å². The molecule has 0 aliphatic carbocycles. The smallest absolute Gasteiger partial charge is 0.133 e. The Bertz CT molecular complexity index is 347. The zero-order valence-corrected chi connectivity index (χ0v) is 11.7. The zero-order chi connectivity index (χ0) is 12.7. The number of methoxy groups -OCH3 is 1. The van der Waals surface area contributed by atoms with Crippen LogP contribution < -0.4 is 21.5 Å². The van der Waals surface area contributed by atoms with Crippen LogP contribution in [0.15, 0.2) is 22.7 Å². The monoisotopic (exact) mass is 301 g/mol. The minimum Gasteiger partial charge on any atom is -0.496 e. The van der Waals surface area contributed by atoms with E-state index in [0.717, 1.165) is 29.7 Å². The lowest BCUT2D eigenvalue weighted by molar-refractivity contribution is 0.412. The van der Waals surface area contributed by atoms with Gasteiger partial charge in [-0.05, 0) is 46.6 Å². The van der Waals surface area contributed by atoms with E-state index in [9.17, 15) is 0 Å². The predicted molar refractivity (Wildman–Crippen MR) is 74.3 cm³/mol. The number of hydrogen-bond acceptors (Lipinski definition) is 4. The summed E-state index contributed by atoms with van der Waals surface area (Å²) < 4.78 is 6.16. The van der Waals surface area contributed by atoms with Crippen molar-refractivity contribution in [3.8, 4) is 5.75 Å². The molecule has 0 spiro atoms. The Labute approximate surface area is 111 Å². The fraction of sp³-hybridized carbons (Fsp3) is 0.500. The molecular formula is C12H20BrN3O. The van der Waals surface area contributed by atoms with Gasteiger partial charge in [-0.2, -0.15) is 0 Å². The molecule has 0 heterocycles. The summed E-state index contributed by atoms with van der Waals surface area (Å²) in [5, 5.41) is 3.28. The summed E-state index contributed by atoms with van der Waals surface area (Å²) in [6, 6.07) is 6.14. The lowest BCUT2D eigenvalue weighted by atomic mass is 10.1. The minimum absolute atomic E-state index is 0.0394. The Morgan fingerprint density at radius 3 is 2.82 bits per heavy atom. The third-order valence-electron chi connectivity index (χ3n) is 2.52. The first kappa shape index (κ1) is 14.4. The van der Waals surface area contributed by atoms with Crippen LogP contribution in [0.3, 0.4) is 0 Å². The van der Waals surface area contributed by atoms with E-state index in [1.54, 1.807) is 7.11 Å². The zero-order valence-electron chi connectivity index (χ0n) is 10.1. The van der Waals surface area contributed by atoms with E-state index in [1.807, 2.05) is 6.07 Å². The Morgan fingerprint density at radius 2 is 2.24 bits per heavy atom. The van der Waals surface area contributed by atoms with Crippen LogP contribution in [0.5, 0.6) is 5.75 Å². The molecule has 0 saturated heterocycles. The van der Waals surface area contributed by atoms with Gasteiger partial charge in [-0.25, -0.2) is 0 Å². The van der Waals surface area contributed by atoms with Gasteiger partial charge in [0.05, 0.1) is 11.6 Å². The summed E-state index contributed by atoms with van der Waals surface area (Å²) in [7, 11) is 1.66. The van der Waals surface area contributed by atoms with Crippen LogP contribution in [0.25, 0.3) is 0 Å². The Balaban J connectivity index is 2.34. The normalized spacial score (nSPS) is 12.5. The fourth-order valence-electron chi connectivity index (χ4n) is 1.47. The van der Waals surface area contributed by atoms with Crippen molar-refractivity contribution in [2.45, 2.75) is 12.5 Å². The second-order valence-electron chi connectivity index (χ2n) is 3.92. The van der Waals surface area contributed by atoms with Gasteiger partial charge >= 0.3 is 0 Å². The van der Waals surface area contributed by atoms with Crippen molar-refractivity contribution in [2.24, 2.45) is 11.5 Å². The van der Waals surface area contributed by atoms with Gasteiger partial charge in [0, 0.05) is 19.1 Å². The van der Waals surface area contributed by atoms with Crippen molar-refractivity contribution in [3.05, 3.63) is 28.2 Å². The lowest BCUT2D eigenvalue weighted by Crippen LogP contribution is -2.40. The van der Waals surface area contributed by atoms with Gasteiger partial charge in [0.1, 0.15) is 5.75 Å². The third kappa shape index (κ3) is 5.04. The van der Waals surface area contributed by atoms with E-state index in [-0.39, 0.29) is 6.04 Å². The average Bonchev–Trinajstić information content (AvgIpc) is 2.34. The second-order valence-corrected chi connectivity index (χ2v) is 4.77. The standard InChI is InChI=1S/C12H20BrN3O/c1-17-12-3-2-9(6-11(12)13)4-5-16-8-10(15)7-14/h2-3,6,10,16H,4-5,7-8,14-15H2,1H3. The summed E-state index contributed by atoms with van der Waals surface area (Å²) in [4.78, 5) is 0.